The van der Waals surface area contributed by atoms with Gasteiger partial charge in [-0.25, -0.2) is 9.78 Å². The Balaban J connectivity index is 1.69. The van der Waals surface area contributed by atoms with Gasteiger partial charge in [-0.15, -0.1) is 0 Å². The van der Waals surface area contributed by atoms with E-state index in [1.807, 2.05) is 30.3 Å². The summed E-state index contributed by atoms with van der Waals surface area (Å²) < 4.78 is 12.1. The van der Waals surface area contributed by atoms with E-state index in [4.69, 9.17) is 21.1 Å². The summed E-state index contributed by atoms with van der Waals surface area (Å²) in [7, 11) is 0. The average Bonchev–Trinajstić information content (AvgIpc) is 2.65. The van der Waals surface area contributed by atoms with Crippen LogP contribution in [-0.4, -0.2) is 11.1 Å². The molecule has 7 heteroatoms. The minimum Gasteiger partial charge on any atom is -0.441 e. The summed E-state index contributed by atoms with van der Waals surface area (Å²) in [6, 6.07) is 17.9. The summed E-state index contributed by atoms with van der Waals surface area (Å²) in [5, 5.41) is 3.20. The molecule has 1 atom stereocenters. The minimum atomic E-state index is -0.629. The molecule has 0 bridgehead atoms. The van der Waals surface area contributed by atoms with Gasteiger partial charge in [-0.05, 0) is 49.4 Å². The van der Waals surface area contributed by atoms with Crippen molar-refractivity contribution < 1.29 is 14.3 Å². The number of ether oxygens (including phenoxy) is 2. The number of hydrogen-bond donors (Lipinski definition) is 1. The molecule has 27 heavy (non-hydrogen) atoms. The quantitative estimate of drug-likeness (QED) is 0.479. The first-order chi connectivity index (χ1) is 13.0. The molecule has 1 N–H and O–H groups in total. The van der Waals surface area contributed by atoms with Crippen LogP contribution in [-0.2, 0) is 4.74 Å². The van der Waals surface area contributed by atoms with Crippen LogP contribution in [0.1, 0.15) is 18.6 Å². The van der Waals surface area contributed by atoms with Gasteiger partial charge in [0, 0.05) is 21.3 Å². The number of anilines is 1. The van der Waals surface area contributed by atoms with Gasteiger partial charge in [0.15, 0.2) is 0 Å². The van der Waals surface area contributed by atoms with Crippen LogP contribution in [0.4, 0.5) is 10.5 Å². The lowest BCUT2D eigenvalue weighted by Gasteiger charge is -2.16. The van der Waals surface area contributed by atoms with Crippen LogP contribution < -0.4 is 10.1 Å². The molecule has 0 saturated carbocycles. The van der Waals surface area contributed by atoms with E-state index in [1.54, 1.807) is 43.5 Å². The number of halogens is 2. The number of nitrogens with zero attached hydrogens (tertiary/aromatic N) is 1. The van der Waals surface area contributed by atoms with Crippen LogP contribution in [0.3, 0.4) is 0 Å². The molecule has 3 rings (SSSR count). The van der Waals surface area contributed by atoms with E-state index in [1.165, 1.54) is 0 Å². The zero-order valence-corrected chi connectivity index (χ0v) is 16.7. The van der Waals surface area contributed by atoms with E-state index in [0.717, 1.165) is 10.0 Å². The predicted molar refractivity (Wildman–Crippen MR) is 108 cm³/mol. The maximum atomic E-state index is 12.3. The Labute approximate surface area is 170 Å². The van der Waals surface area contributed by atoms with Crippen LogP contribution in [0.2, 0.25) is 5.02 Å². The Bertz CT molecular complexity index is 935. The lowest BCUT2D eigenvalue weighted by Crippen LogP contribution is -2.16. The third kappa shape index (κ3) is 5.21. The number of carbonyl (C=O) groups excluding carboxylic acids is 1. The first kappa shape index (κ1) is 19.2. The Morgan fingerprint density at radius 1 is 1.11 bits per heavy atom. The summed E-state index contributed by atoms with van der Waals surface area (Å²) in [6.07, 6.45) is 0.444. The molecule has 1 heterocycles. The Morgan fingerprint density at radius 2 is 1.85 bits per heavy atom. The highest BCUT2D eigenvalue weighted by Crippen LogP contribution is 2.29. The second kappa shape index (κ2) is 8.88. The molecule has 0 aliphatic carbocycles. The van der Waals surface area contributed by atoms with Crippen LogP contribution in [0.15, 0.2) is 71.3 Å². The Morgan fingerprint density at radius 3 is 2.59 bits per heavy atom. The van der Waals surface area contributed by atoms with Gasteiger partial charge in [-0.1, -0.05) is 45.7 Å². The van der Waals surface area contributed by atoms with Crippen molar-refractivity contribution >= 4 is 39.3 Å². The van der Waals surface area contributed by atoms with Crippen LogP contribution in [0.5, 0.6) is 11.6 Å². The van der Waals surface area contributed by atoms with Crippen molar-refractivity contribution in [3.8, 4) is 11.6 Å². The minimum absolute atomic E-state index is 0.266. The van der Waals surface area contributed by atoms with Crippen molar-refractivity contribution in [1.82, 2.24) is 4.98 Å². The van der Waals surface area contributed by atoms with Crippen molar-refractivity contribution in [2.45, 2.75) is 13.0 Å². The van der Waals surface area contributed by atoms with Gasteiger partial charge in [-0.3, -0.25) is 5.32 Å². The van der Waals surface area contributed by atoms with Crippen LogP contribution >= 0.6 is 27.5 Å². The molecule has 2 aromatic carbocycles. The van der Waals surface area contributed by atoms with Crippen molar-refractivity contribution in [3.05, 3.63) is 81.9 Å². The standard InChI is InChI=1S/C20H16BrClN2O3/c1-13(16-5-2-3-6-17(16)22)26-20(25)24-18-7-4-12-23-19(18)27-15-10-8-14(21)9-11-15/h2-13H,1H3,(H,24,25)/t13-/m1/s1. The first-order valence-electron chi connectivity index (χ1n) is 8.13. The SMILES string of the molecule is C[C@@H](OC(=O)Nc1cccnc1Oc1ccc(Br)cc1)c1ccccc1Cl. The molecule has 0 aliphatic rings. The largest absolute Gasteiger partial charge is 0.441 e. The van der Waals surface area contributed by atoms with Gasteiger partial charge in [0.1, 0.15) is 17.5 Å². The van der Waals surface area contributed by atoms with Crippen LogP contribution in [0, 0.1) is 0 Å². The number of amides is 1. The second-order valence-corrected chi connectivity index (χ2v) is 6.93. The van der Waals surface area contributed by atoms with E-state index in [0.29, 0.717) is 16.5 Å². The van der Waals surface area contributed by atoms with Crippen molar-refractivity contribution in [1.29, 1.82) is 0 Å². The van der Waals surface area contributed by atoms with Gasteiger partial charge in [-0.2, -0.15) is 0 Å². The smallest absolute Gasteiger partial charge is 0.412 e. The number of rotatable bonds is 5. The number of hydrogen-bond acceptors (Lipinski definition) is 4. The van der Waals surface area contributed by atoms with E-state index < -0.39 is 12.2 Å². The summed E-state index contributed by atoms with van der Waals surface area (Å²) in [6.45, 7) is 1.75. The lowest BCUT2D eigenvalue weighted by molar-refractivity contribution is 0.121. The molecule has 3 aromatic rings. The van der Waals surface area contributed by atoms with Crippen molar-refractivity contribution in [3.63, 3.8) is 0 Å². The summed E-state index contributed by atoms with van der Waals surface area (Å²) in [5.41, 5.74) is 1.13. The molecule has 0 aliphatic heterocycles. The number of carbonyl (C=O) groups is 1. The third-order valence-electron chi connectivity index (χ3n) is 3.66. The third-order valence-corrected chi connectivity index (χ3v) is 4.54. The van der Waals surface area contributed by atoms with Gasteiger partial charge in [0.2, 0.25) is 5.88 Å². The second-order valence-electron chi connectivity index (χ2n) is 5.61. The summed E-state index contributed by atoms with van der Waals surface area (Å²) in [4.78, 5) is 16.5. The van der Waals surface area contributed by atoms with Gasteiger partial charge in [0.05, 0.1) is 0 Å². The monoisotopic (exact) mass is 446 g/mol. The fourth-order valence-corrected chi connectivity index (χ4v) is 2.90. The van der Waals surface area contributed by atoms with E-state index >= 15 is 0 Å². The maximum absolute atomic E-state index is 12.3. The van der Waals surface area contributed by atoms with E-state index in [2.05, 4.69) is 26.2 Å². The fraction of sp³-hybridized carbons (Fsp3) is 0.100. The number of nitrogens with one attached hydrogen (secondary N) is 1. The summed E-state index contributed by atoms with van der Waals surface area (Å²) >= 11 is 9.52. The highest BCUT2D eigenvalue weighted by atomic mass is 79.9. The number of pyridine rings is 1. The number of aromatic nitrogens is 1. The van der Waals surface area contributed by atoms with Crippen molar-refractivity contribution in [2.24, 2.45) is 0 Å². The van der Waals surface area contributed by atoms with Gasteiger partial charge in [0.25, 0.3) is 0 Å². The lowest BCUT2D eigenvalue weighted by atomic mass is 10.1. The molecule has 0 spiro atoms. The highest BCUT2D eigenvalue weighted by Gasteiger charge is 2.16. The predicted octanol–water partition coefficient (Wildman–Crippen LogP) is 6.60. The van der Waals surface area contributed by atoms with E-state index in [-0.39, 0.29) is 5.88 Å². The molecule has 0 unspecified atom stereocenters. The molecule has 138 valence electrons. The maximum Gasteiger partial charge on any atom is 0.412 e. The van der Waals surface area contributed by atoms with Crippen LogP contribution in [0.25, 0.3) is 0 Å². The molecule has 5 nitrogen and oxygen atoms in total. The Hall–Kier alpha value is -2.57. The molecule has 0 fully saturated rings. The average molecular weight is 448 g/mol. The first-order valence-corrected chi connectivity index (χ1v) is 9.30. The van der Waals surface area contributed by atoms with E-state index in [9.17, 15) is 4.79 Å². The topological polar surface area (TPSA) is 60.5 Å². The molecule has 0 saturated heterocycles. The zero-order chi connectivity index (χ0) is 19.2. The molecule has 0 radical (unpaired) electrons. The van der Waals surface area contributed by atoms with Crippen molar-refractivity contribution in [2.75, 3.05) is 5.32 Å². The highest BCUT2D eigenvalue weighted by molar-refractivity contribution is 9.10. The fourth-order valence-electron chi connectivity index (χ4n) is 2.35. The molecular formula is C20H16BrClN2O3. The van der Waals surface area contributed by atoms with Gasteiger partial charge >= 0.3 is 6.09 Å². The normalized spacial score (nSPS) is 11.5. The summed E-state index contributed by atoms with van der Waals surface area (Å²) in [5.74, 6) is 0.861. The molecular weight excluding hydrogens is 432 g/mol. The van der Waals surface area contributed by atoms with Gasteiger partial charge < -0.3 is 9.47 Å². The molecule has 1 amide bonds. The Kier molecular flexibility index (Phi) is 6.32. The molecule has 1 aromatic heterocycles. The number of benzene rings is 2. The zero-order valence-electron chi connectivity index (χ0n) is 14.4.